The van der Waals surface area contributed by atoms with E-state index in [9.17, 15) is 14.4 Å². The second kappa shape index (κ2) is 4.82. The van der Waals surface area contributed by atoms with Crippen LogP contribution >= 0.6 is 23.1 Å². The Morgan fingerprint density at radius 2 is 1.77 bits per heavy atom. The number of aromatic nitrogens is 1. The number of hydrogen-bond acceptors (Lipinski definition) is 5. The number of thioether (sulfide) groups is 1. The normalized spacial score (nSPS) is 26.5. The van der Waals surface area contributed by atoms with E-state index in [4.69, 9.17) is 0 Å². The number of hydrogen-bond donors (Lipinski definition) is 2. The highest BCUT2D eigenvalue weighted by Crippen LogP contribution is 2.50. The quantitative estimate of drug-likeness (QED) is 0.778. The molecule has 1 aromatic heterocycles. The van der Waals surface area contributed by atoms with Gasteiger partial charge in [0.25, 0.3) is 0 Å². The number of imide groups is 1. The van der Waals surface area contributed by atoms with Gasteiger partial charge in [-0.15, -0.1) is 0 Å². The Hall–Kier alpha value is -1.86. The summed E-state index contributed by atoms with van der Waals surface area (Å²) in [6, 6.07) is 7.90. The summed E-state index contributed by atoms with van der Waals surface area (Å²) in [5.74, 6) is -1.23. The van der Waals surface area contributed by atoms with Crippen molar-refractivity contribution in [2.45, 2.75) is 23.1 Å². The second-order valence-corrected chi connectivity index (χ2v) is 7.68. The van der Waals surface area contributed by atoms with Crippen molar-refractivity contribution in [2.75, 3.05) is 0 Å². The molecular formula is C15H12N2O3S2. The first kappa shape index (κ1) is 13.8. The monoisotopic (exact) mass is 332 g/mol. The Morgan fingerprint density at radius 3 is 2.50 bits per heavy atom. The van der Waals surface area contributed by atoms with Crippen molar-refractivity contribution in [3.8, 4) is 0 Å². The molecular weight excluding hydrogens is 320 g/mol. The van der Waals surface area contributed by atoms with Crippen molar-refractivity contribution >= 4 is 34.9 Å². The molecule has 0 bridgehead atoms. The van der Waals surface area contributed by atoms with Gasteiger partial charge < -0.3 is 4.98 Å². The maximum atomic E-state index is 12.3. The first-order valence-electron chi connectivity index (χ1n) is 6.85. The highest BCUT2D eigenvalue weighted by molar-refractivity contribution is 8.00. The molecule has 2 aliphatic rings. The molecule has 5 nitrogen and oxygen atoms in total. The van der Waals surface area contributed by atoms with Crippen molar-refractivity contribution < 1.29 is 9.59 Å². The standard InChI is InChI=1S/C15H12N2O3S2/c1-6-2-4-7(5-3-6)8-9-10(13(19)16-12(9)18)21-14-11(8)22-15(20)17-14/h2-5,8-10H,1H3,(H,17,20)(H,16,18,19)/t8-,9+,10+/m0/s1. The van der Waals surface area contributed by atoms with Gasteiger partial charge in [-0.1, -0.05) is 52.9 Å². The third-order valence-electron chi connectivity index (χ3n) is 4.10. The average molecular weight is 332 g/mol. The fourth-order valence-corrected chi connectivity index (χ4v) is 5.55. The molecule has 1 aromatic carbocycles. The van der Waals surface area contributed by atoms with Crippen molar-refractivity contribution in [3.05, 3.63) is 49.9 Å². The van der Waals surface area contributed by atoms with Crippen LogP contribution in [0.4, 0.5) is 0 Å². The fourth-order valence-electron chi connectivity index (χ4n) is 3.07. The Kier molecular flexibility index (Phi) is 3.02. The van der Waals surface area contributed by atoms with Gasteiger partial charge in [-0.2, -0.15) is 0 Å². The van der Waals surface area contributed by atoms with Gasteiger partial charge in [0.2, 0.25) is 11.8 Å². The summed E-state index contributed by atoms with van der Waals surface area (Å²) in [6.45, 7) is 2.00. The molecule has 2 N–H and O–H groups in total. The molecule has 2 aromatic rings. The van der Waals surface area contributed by atoms with Crippen LogP contribution in [-0.2, 0) is 9.59 Å². The molecule has 22 heavy (non-hydrogen) atoms. The minimum atomic E-state index is -0.475. The van der Waals surface area contributed by atoms with Gasteiger partial charge in [0.15, 0.2) is 0 Å². The predicted octanol–water partition coefficient (Wildman–Crippen LogP) is 1.62. The Morgan fingerprint density at radius 1 is 1.05 bits per heavy atom. The molecule has 1 saturated heterocycles. The van der Waals surface area contributed by atoms with Crippen LogP contribution in [0.3, 0.4) is 0 Å². The molecule has 3 heterocycles. The molecule has 1 fully saturated rings. The summed E-state index contributed by atoms with van der Waals surface area (Å²) < 4.78 is 0. The zero-order valence-corrected chi connectivity index (χ0v) is 13.2. The Bertz CT molecular complexity index is 837. The number of carbonyl (C=O) groups excluding carboxylic acids is 2. The average Bonchev–Trinajstić information content (AvgIpc) is 2.98. The van der Waals surface area contributed by atoms with E-state index in [0.29, 0.717) is 5.03 Å². The van der Waals surface area contributed by atoms with Gasteiger partial charge in [0, 0.05) is 10.8 Å². The van der Waals surface area contributed by atoms with E-state index in [1.165, 1.54) is 11.8 Å². The van der Waals surface area contributed by atoms with Crippen LogP contribution < -0.4 is 10.2 Å². The van der Waals surface area contributed by atoms with Crippen LogP contribution in [0.1, 0.15) is 21.9 Å². The van der Waals surface area contributed by atoms with E-state index >= 15 is 0 Å². The van der Waals surface area contributed by atoms with E-state index in [-0.39, 0.29) is 22.6 Å². The third kappa shape index (κ3) is 1.96. The van der Waals surface area contributed by atoms with Crippen LogP contribution in [-0.4, -0.2) is 22.0 Å². The van der Waals surface area contributed by atoms with E-state index in [1.54, 1.807) is 0 Å². The van der Waals surface area contributed by atoms with Crippen molar-refractivity contribution in [3.63, 3.8) is 0 Å². The predicted molar refractivity (Wildman–Crippen MR) is 84.2 cm³/mol. The molecule has 0 spiro atoms. The van der Waals surface area contributed by atoms with Gasteiger partial charge in [0.1, 0.15) is 5.25 Å². The lowest BCUT2D eigenvalue weighted by Crippen LogP contribution is -2.31. The zero-order valence-electron chi connectivity index (χ0n) is 11.6. The molecule has 0 aliphatic carbocycles. The van der Waals surface area contributed by atoms with Gasteiger partial charge in [-0.3, -0.25) is 19.7 Å². The largest absolute Gasteiger partial charge is 0.307 e. The summed E-state index contributed by atoms with van der Waals surface area (Å²) in [6.07, 6.45) is 0. The summed E-state index contributed by atoms with van der Waals surface area (Å²) >= 11 is 2.41. The summed E-state index contributed by atoms with van der Waals surface area (Å²) in [5.41, 5.74) is 2.09. The van der Waals surface area contributed by atoms with Crippen LogP contribution in [0, 0.1) is 12.8 Å². The molecule has 2 aliphatic heterocycles. The molecule has 4 rings (SSSR count). The summed E-state index contributed by atoms with van der Waals surface area (Å²) in [7, 11) is 0. The Balaban J connectivity index is 1.91. The summed E-state index contributed by atoms with van der Waals surface area (Å²) in [5, 5.41) is 2.66. The first-order valence-corrected chi connectivity index (χ1v) is 8.55. The maximum Gasteiger partial charge on any atom is 0.305 e. The minimum Gasteiger partial charge on any atom is -0.307 e. The van der Waals surface area contributed by atoms with Crippen molar-refractivity contribution in [2.24, 2.45) is 5.92 Å². The van der Waals surface area contributed by atoms with Gasteiger partial charge in [-0.05, 0) is 12.5 Å². The molecule has 7 heteroatoms. The van der Waals surface area contributed by atoms with Gasteiger partial charge in [-0.25, -0.2) is 0 Å². The second-order valence-electron chi connectivity index (χ2n) is 5.51. The number of aryl methyl sites for hydroxylation is 1. The smallest absolute Gasteiger partial charge is 0.305 e. The van der Waals surface area contributed by atoms with Crippen LogP contribution in [0.2, 0.25) is 0 Å². The number of fused-ring (bicyclic) bond motifs is 2. The lowest BCUT2D eigenvalue weighted by Gasteiger charge is -2.29. The fraction of sp³-hybridized carbons (Fsp3) is 0.267. The topological polar surface area (TPSA) is 79.0 Å². The summed E-state index contributed by atoms with van der Waals surface area (Å²) in [4.78, 5) is 39.5. The number of thiazole rings is 1. The van der Waals surface area contributed by atoms with E-state index in [2.05, 4.69) is 10.3 Å². The zero-order chi connectivity index (χ0) is 15.4. The number of amides is 2. The van der Waals surface area contributed by atoms with E-state index < -0.39 is 11.2 Å². The van der Waals surface area contributed by atoms with Crippen LogP contribution in [0.15, 0.2) is 34.1 Å². The molecule has 0 unspecified atom stereocenters. The molecule has 112 valence electrons. The van der Waals surface area contributed by atoms with E-state index in [1.807, 2.05) is 31.2 Å². The van der Waals surface area contributed by atoms with Gasteiger partial charge in [0.05, 0.1) is 10.9 Å². The lowest BCUT2D eigenvalue weighted by atomic mass is 9.83. The maximum absolute atomic E-state index is 12.3. The van der Waals surface area contributed by atoms with Crippen molar-refractivity contribution in [1.82, 2.24) is 10.3 Å². The SMILES string of the molecule is Cc1ccc([C@@H]2c3sc(=O)[nH]c3S[C@H]3C(=O)NC(=O)[C@H]23)cc1. The van der Waals surface area contributed by atoms with Crippen LogP contribution in [0.5, 0.6) is 0 Å². The molecule has 0 radical (unpaired) electrons. The number of benzene rings is 1. The van der Waals surface area contributed by atoms with E-state index in [0.717, 1.165) is 27.3 Å². The van der Waals surface area contributed by atoms with Crippen LogP contribution in [0.25, 0.3) is 0 Å². The lowest BCUT2D eigenvalue weighted by molar-refractivity contribution is -0.125. The van der Waals surface area contributed by atoms with Crippen molar-refractivity contribution in [1.29, 1.82) is 0 Å². The highest BCUT2D eigenvalue weighted by Gasteiger charge is 2.52. The highest BCUT2D eigenvalue weighted by atomic mass is 32.2. The third-order valence-corrected chi connectivity index (χ3v) is 6.51. The molecule has 2 amide bonds. The number of aromatic amines is 1. The van der Waals surface area contributed by atoms with Gasteiger partial charge >= 0.3 is 4.87 Å². The number of rotatable bonds is 1. The number of carbonyl (C=O) groups is 2. The number of H-pyrrole nitrogens is 1. The molecule has 0 saturated carbocycles. The minimum absolute atomic E-state index is 0.151. The molecule has 3 atom stereocenters. The number of nitrogens with one attached hydrogen (secondary N) is 2. The Labute approximate surface area is 134 Å². The first-order chi connectivity index (χ1) is 10.5.